The summed E-state index contributed by atoms with van der Waals surface area (Å²) in [6.07, 6.45) is 0. The number of ether oxygens (including phenoxy) is 1. The summed E-state index contributed by atoms with van der Waals surface area (Å²) >= 11 is 5.95. The average molecular weight is 335 g/mol. The Morgan fingerprint density at radius 1 is 1.38 bits per heavy atom. The average Bonchev–Trinajstić information content (AvgIpc) is 2.40. The minimum absolute atomic E-state index is 0.166. The van der Waals surface area contributed by atoms with Crippen molar-refractivity contribution in [1.82, 2.24) is 4.72 Å². The van der Waals surface area contributed by atoms with Gasteiger partial charge in [0, 0.05) is 24.7 Å². The number of rotatable bonds is 8. The van der Waals surface area contributed by atoms with Crippen molar-refractivity contribution in [3.63, 3.8) is 0 Å². The lowest BCUT2D eigenvalue weighted by molar-refractivity contribution is 0.114. The lowest BCUT2D eigenvalue weighted by Crippen LogP contribution is -2.28. The van der Waals surface area contributed by atoms with E-state index in [-0.39, 0.29) is 18.0 Å². The zero-order chi connectivity index (χ0) is 16.0. The molecule has 0 bridgehead atoms. The molecule has 0 heterocycles. The van der Waals surface area contributed by atoms with Crippen LogP contribution in [0.5, 0.6) is 0 Å². The van der Waals surface area contributed by atoms with Crippen LogP contribution in [0.2, 0.25) is 5.02 Å². The third kappa shape index (κ3) is 5.56. The fraction of sp³-hybridized carbons (Fsp3) is 0.571. The molecule has 0 unspecified atom stereocenters. The van der Waals surface area contributed by atoms with E-state index in [0.717, 1.165) is 5.56 Å². The first-order valence-corrected chi connectivity index (χ1v) is 8.70. The molecule has 1 rings (SSSR count). The molecule has 0 atom stereocenters. The van der Waals surface area contributed by atoms with Crippen LogP contribution in [0, 0.1) is 12.8 Å². The number of halogens is 1. The van der Waals surface area contributed by atoms with Gasteiger partial charge in [-0.3, -0.25) is 0 Å². The lowest BCUT2D eigenvalue weighted by Gasteiger charge is -2.13. The van der Waals surface area contributed by atoms with Gasteiger partial charge in [-0.2, -0.15) is 0 Å². The molecule has 5 nitrogen and oxygen atoms in total. The van der Waals surface area contributed by atoms with Gasteiger partial charge in [-0.1, -0.05) is 25.4 Å². The van der Waals surface area contributed by atoms with Crippen molar-refractivity contribution in [3.8, 4) is 0 Å². The summed E-state index contributed by atoms with van der Waals surface area (Å²) in [5.74, 6) is 0.420. The predicted molar refractivity (Wildman–Crippen MR) is 84.9 cm³/mol. The monoisotopic (exact) mass is 334 g/mol. The van der Waals surface area contributed by atoms with Crippen molar-refractivity contribution in [3.05, 3.63) is 28.3 Å². The van der Waals surface area contributed by atoms with E-state index in [2.05, 4.69) is 4.72 Å². The number of nitrogens with one attached hydrogen (secondary N) is 1. The van der Waals surface area contributed by atoms with Crippen molar-refractivity contribution in [2.24, 2.45) is 11.7 Å². The van der Waals surface area contributed by atoms with E-state index in [4.69, 9.17) is 22.1 Å². The van der Waals surface area contributed by atoms with Gasteiger partial charge in [0.05, 0.1) is 11.5 Å². The van der Waals surface area contributed by atoms with Crippen molar-refractivity contribution in [2.75, 3.05) is 19.8 Å². The van der Waals surface area contributed by atoms with Gasteiger partial charge >= 0.3 is 0 Å². The number of sulfonamides is 1. The highest BCUT2D eigenvalue weighted by atomic mass is 35.5. The molecule has 0 saturated carbocycles. The van der Waals surface area contributed by atoms with E-state index in [1.54, 1.807) is 13.0 Å². The second-order valence-electron chi connectivity index (χ2n) is 5.26. The quantitative estimate of drug-likeness (QED) is 0.713. The molecule has 3 N–H and O–H groups in total. The SMILES string of the molecule is Cc1c(CN)cc(Cl)cc1S(=O)(=O)NCCOCC(C)C. The Kier molecular flexibility index (Phi) is 7.09. The Bertz CT molecular complexity index is 574. The molecular weight excluding hydrogens is 312 g/mol. The maximum atomic E-state index is 12.3. The van der Waals surface area contributed by atoms with E-state index >= 15 is 0 Å². The molecule has 0 aromatic heterocycles. The molecule has 0 spiro atoms. The lowest BCUT2D eigenvalue weighted by atomic mass is 10.1. The van der Waals surface area contributed by atoms with Crippen LogP contribution in [-0.4, -0.2) is 28.2 Å². The molecular formula is C14H23ClN2O3S. The zero-order valence-electron chi connectivity index (χ0n) is 12.6. The summed E-state index contributed by atoms with van der Waals surface area (Å²) in [5.41, 5.74) is 6.95. The van der Waals surface area contributed by atoms with Gasteiger partial charge in [-0.25, -0.2) is 13.1 Å². The molecule has 0 saturated heterocycles. The molecule has 0 aliphatic carbocycles. The fourth-order valence-electron chi connectivity index (χ4n) is 1.84. The van der Waals surface area contributed by atoms with E-state index < -0.39 is 10.0 Å². The standard InChI is InChI=1S/C14H23ClN2O3S/c1-10(2)9-20-5-4-17-21(18,19)14-7-13(15)6-12(8-16)11(14)3/h6-7,10,17H,4-5,8-9,16H2,1-3H3. The Morgan fingerprint density at radius 2 is 2.05 bits per heavy atom. The number of hydrogen-bond acceptors (Lipinski definition) is 4. The van der Waals surface area contributed by atoms with E-state index in [0.29, 0.717) is 29.7 Å². The van der Waals surface area contributed by atoms with Crippen molar-refractivity contribution in [1.29, 1.82) is 0 Å². The number of hydrogen-bond donors (Lipinski definition) is 2. The van der Waals surface area contributed by atoms with Crippen LogP contribution < -0.4 is 10.5 Å². The largest absolute Gasteiger partial charge is 0.380 e. The molecule has 0 fully saturated rings. The minimum Gasteiger partial charge on any atom is -0.380 e. The molecule has 0 radical (unpaired) electrons. The number of benzene rings is 1. The van der Waals surface area contributed by atoms with Gasteiger partial charge < -0.3 is 10.5 Å². The molecule has 120 valence electrons. The number of nitrogens with two attached hydrogens (primary N) is 1. The summed E-state index contributed by atoms with van der Waals surface area (Å²) in [7, 11) is -3.62. The van der Waals surface area contributed by atoms with Crippen LogP contribution in [0.25, 0.3) is 0 Å². The van der Waals surface area contributed by atoms with Crippen LogP contribution in [0.15, 0.2) is 17.0 Å². The summed E-state index contributed by atoms with van der Waals surface area (Å²) in [4.78, 5) is 0.166. The third-order valence-corrected chi connectivity index (χ3v) is 4.74. The maximum Gasteiger partial charge on any atom is 0.240 e. The van der Waals surface area contributed by atoms with E-state index in [1.807, 2.05) is 13.8 Å². The Hall–Kier alpha value is -0.660. The zero-order valence-corrected chi connectivity index (χ0v) is 14.2. The maximum absolute atomic E-state index is 12.3. The predicted octanol–water partition coefficient (Wildman–Crippen LogP) is 2.06. The summed E-state index contributed by atoms with van der Waals surface area (Å²) in [6.45, 7) is 7.20. The van der Waals surface area contributed by atoms with Crippen LogP contribution >= 0.6 is 11.6 Å². The van der Waals surface area contributed by atoms with E-state index in [9.17, 15) is 8.42 Å². The molecule has 1 aromatic rings. The van der Waals surface area contributed by atoms with Crippen molar-refractivity contribution in [2.45, 2.75) is 32.2 Å². The highest BCUT2D eigenvalue weighted by Gasteiger charge is 2.19. The summed E-state index contributed by atoms with van der Waals surface area (Å²) in [5, 5.41) is 0.359. The highest BCUT2D eigenvalue weighted by molar-refractivity contribution is 7.89. The second kappa shape index (κ2) is 8.10. The van der Waals surface area contributed by atoms with Gasteiger partial charge in [-0.15, -0.1) is 0 Å². The Balaban J connectivity index is 2.77. The van der Waals surface area contributed by atoms with Crippen LogP contribution in [0.4, 0.5) is 0 Å². The van der Waals surface area contributed by atoms with Gasteiger partial charge in [0.1, 0.15) is 0 Å². The molecule has 21 heavy (non-hydrogen) atoms. The van der Waals surface area contributed by atoms with Crippen molar-refractivity contribution < 1.29 is 13.2 Å². The summed E-state index contributed by atoms with van der Waals surface area (Å²) < 4.78 is 32.5. The van der Waals surface area contributed by atoms with Crippen LogP contribution in [0.3, 0.4) is 0 Å². The van der Waals surface area contributed by atoms with Gasteiger partial charge in [-0.05, 0) is 36.1 Å². The van der Waals surface area contributed by atoms with Gasteiger partial charge in [0.2, 0.25) is 10.0 Å². The topological polar surface area (TPSA) is 81.4 Å². The van der Waals surface area contributed by atoms with Crippen molar-refractivity contribution >= 4 is 21.6 Å². The molecule has 7 heteroatoms. The van der Waals surface area contributed by atoms with Gasteiger partial charge in [0.25, 0.3) is 0 Å². The Labute approximate surface area is 131 Å². The Morgan fingerprint density at radius 3 is 2.62 bits per heavy atom. The first kappa shape index (κ1) is 18.4. The normalized spacial score (nSPS) is 12.1. The second-order valence-corrected chi connectivity index (χ2v) is 7.43. The summed E-state index contributed by atoms with van der Waals surface area (Å²) in [6, 6.07) is 3.12. The van der Waals surface area contributed by atoms with Gasteiger partial charge in [0.15, 0.2) is 0 Å². The molecule has 0 amide bonds. The fourth-order valence-corrected chi connectivity index (χ4v) is 3.47. The first-order chi connectivity index (χ1) is 9.77. The smallest absolute Gasteiger partial charge is 0.240 e. The van der Waals surface area contributed by atoms with Crippen LogP contribution in [-0.2, 0) is 21.3 Å². The van der Waals surface area contributed by atoms with E-state index in [1.165, 1.54) is 6.07 Å². The third-order valence-electron chi connectivity index (χ3n) is 2.93. The van der Waals surface area contributed by atoms with Crippen LogP contribution in [0.1, 0.15) is 25.0 Å². The molecule has 0 aliphatic rings. The first-order valence-electron chi connectivity index (χ1n) is 6.84. The highest BCUT2D eigenvalue weighted by Crippen LogP contribution is 2.24. The molecule has 0 aliphatic heterocycles. The minimum atomic E-state index is -3.62. The molecule has 1 aromatic carbocycles.